The third kappa shape index (κ3) is 4.54. The minimum atomic E-state index is -0.391. The number of ether oxygens (including phenoxy) is 2. The van der Waals surface area contributed by atoms with Crippen LogP contribution in [0.5, 0.6) is 5.88 Å². The number of hydrogen-bond acceptors (Lipinski definition) is 5. The van der Waals surface area contributed by atoms with E-state index in [0.29, 0.717) is 17.0 Å². The van der Waals surface area contributed by atoms with Gasteiger partial charge in [-0.2, -0.15) is 0 Å². The Balaban J connectivity index is 2.32. The number of rotatable bonds is 5. The number of carbonyl (C=O) groups is 1. The lowest BCUT2D eigenvalue weighted by Gasteiger charge is -2.13. The molecule has 23 heavy (non-hydrogen) atoms. The maximum absolute atomic E-state index is 12.3. The van der Waals surface area contributed by atoms with Gasteiger partial charge in [-0.25, -0.2) is 8.88 Å². The molecule has 0 radical (unpaired) electrons. The van der Waals surface area contributed by atoms with Crippen molar-refractivity contribution in [2.75, 3.05) is 0 Å². The van der Waals surface area contributed by atoms with Crippen molar-refractivity contribution in [1.29, 1.82) is 0 Å². The van der Waals surface area contributed by atoms with Crippen LogP contribution < -0.4 is 4.74 Å². The zero-order chi connectivity index (χ0) is 16.8. The largest absolute Gasteiger partial charge is 0.472 e. The molecule has 6 heteroatoms. The van der Waals surface area contributed by atoms with Crippen molar-refractivity contribution in [3.63, 3.8) is 0 Å². The van der Waals surface area contributed by atoms with E-state index in [0.717, 1.165) is 5.56 Å². The van der Waals surface area contributed by atoms with Gasteiger partial charge in [-0.05, 0) is 45.7 Å². The first-order valence-corrected chi connectivity index (χ1v) is 7.54. The zero-order valence-corrected chi connectivity index (χ0v) is 14.1. The molecule has 0 saturated carbocycles. The van der Waals surface area contributed by atoms with E-state index in [1.807, 2.05) is 19.9 Å². The molecule has 0 fully saturated rings. The SMILES string of the molecule is CC#Cc1cccc(C(=O)OC(C)C)c1COc1ccn(S)n1. The smallest absolute Gasteiger partial charge is 0.338 e. The zero-order valence-electron chi connectivity index (χ0n) is 13.2. The van der Waals surface area contributed by atoms with Crippen LogP contribution in [0.2, 0.25) is 0 Å². The van der Waals surface area contributed by atoms with Crippen LogP contribution in [0.15, 0.2) is 30.5 Å². The summed E-state index contributed by atoms with van der Waals surface area (Å²) < 4.78 is 12.3. The Morgan fingerprint density at radius 1 is 1.39 bits per heavy atom. The molecule has 0 N–H and O–H groups in total. The maximum atomic E-state index is 12.3. The van der Waals surface area contributed by atoms with E-state index in [2.05, 4.69) is 29.8 Å². The second-order valence-corrected chi connectivity index (χ2v) is 5.43. The fourth-order valence-electron chi connectivity index (χ4n) is 1.98. The Morgan fingerprint density at radius 2 is 2.17 bits per heavy atom. The Kier molecular flexibility index (Phi) is 5.72. The number of thiol groups is 1. The fraction of sp³-hybridized carbons (Fsp3) is 0.294. The van der Waals surface area contributed by atoms with Crippen molar-refractivity contribution < 1.29 is 14.3 Å². The summed E-state index contributed by atoms with van der Waals surface area (Å²) in [5, 5.41) is 4.03. The highest BCUT2D eigenvalue weighted by Crippen LogP contribution is 2.19. The molecule has 120 valence electrons. The van der Waals surface area contributed by atoms with E-state index >= 15 is 0 Å². The third-order valence-electron chi connectivity index (χ3n) is 2.91. The van der Waals surface area contributed by atoms with Crippen molar-refractivity contribution in [2.24, 2.45) is 0 Å². The van der Waals surface area contributed by atoms with Gasteiger partial charge in [0.1, 0.15) is 6.61 Å². The van der Waals surface area contributed by atoms with Crippen molar-refractivity contribution in [3.8, 4) is 17.7 Å². The lowest BCUT2D eigenvalue weighted by Crippen LogP contribution is -2.15. The molecule has 0 aliphatic heterocycles. The van der Waals surface area contributed by atoms with Gasteiger partial charge < -0.3 is 9.47 Å². The van der Waals surface area contributed by atoms with Gasteiger partial charge in [0, 0.05) is 23.4 Å². The van der Waals surface area contributed by atoms with Crippen molar-refractivity contribution in [2.45, 2.75) is 33.5 Å². The van der Waals surface area contributed by atoms with E-state index < -0.39 is 5.97 Å². The van der Waals surface area contributed by atoms with Crippen LogP contribution in [0.4, 0.5) is 0 Å². The summed E-state index contributed by atoms with van der Waals surface area (Å²) in [6, 6.07) is 7.02. The van der Waals surface area contributed by atoms with E-state index in [-0.39, 0.29) is 12.7 Å². The summed E-state index contributed by atoms with van der Waals surface area (Å²) in [4.78, 5) is 12.3. The molecular weight excluding hydrogens is 312 g/mol. The monoisotopic (exact) mass is 330 g/mol. The number of esters is 1. The van der Waals surface area contributed by atoms with E-state index in [1.165, 1.54) is 4.09 Å². The van der Waals surface area contributed by atoms with Crippen LogP contribution in [0.1, 0.15) is 42.3 Å². The number of hydrogen-bond donors (Lipinski definition) is 1. The van der Waals surface area contributed by atoms with Crippen molar-refractivity contribution >= 4 is 18.8 Å². The van der Waals surface area contributed by atoms with Gasteiger partial charge in [0.05, 0.1) is 11.7 Å². The highest BCUT2D eigenvalue weighted by atomic mass is 32.1. The highest BCUT2D eigenvalue weighted by Gasteiger charge is 2.17. The predicted molar refractivity (Wildman–Crippen MR) is 90.5 cm³/mol. The number of aromatic nitrogens is 2. The van der Waals surface area contributed by atoms with Gasteiger partial charge in [-0.15, -0.1) is 11.0 Å². The third-order valence-corrected chi connectivity index (χ3v) is 3.14. The molecule has 1 aromatic carbocycles. The van der Waals surface area contributed by atoms with Gasteiger partial charge in [0.25, 0.3) is 0 Å². The molecule has 0 bridgehead atoms. The molecule has 2 aromatic rings. The normalized spacial score (nSPS) is 10.1. The van der Waals surface area contributed by atoms with Crippen LogP contribution in [0, 0.1) is 11.8 Å². The minimum Gasteiger partial charge on any atom is -0.472 e. The molecule has 1 aromatic heterocycles. The van der Waals surface area contributed by atoms with E-state index in [4.69, 9.17) is 9.47 Å². The van der Waals surface area contributed by atoms with Gasteiger partial charge in [0.2, 0.25) is 5.88 Å². The molecule has 0 amide bonds. The number of benzene rings is 1. The van der Waals surface area contributed by atoms with E-state index in [1.54, 1.807) is 31.3 Å². The molecule has 2 rings (SSSR count). The van der Waals surface area contributed by atoms with Gasteiger partial charge in [-0.3, -0.25) is 0 Å². The molecule has 1 heterocycles. The highest BCUT2D eigenvalue weighted by molar-refractivity contribution is 7.78. The quantitative estimate of drug-likeness (QED) is 0.520. The first-order chi connectivity index (χ1) is 11.0. The summed E-state index contributed by atoms with van der Waals surface area (Å²) in [6.07, 6.45) is 1.46. The summed E-state index contributed by atoms with van der Waals surface area (Å²) in [7, 11) is 0. The van der Waals surface area contributed by atoms with E-state index in [9.17, 15) is 4.79 Å². The Bertz CT molecular complexity index is 757. The Labute approximate surface area is 141 Å². The van der Waals surface area contributed by atoms with Crippen LogP contribution in [0.25, 0.3) is 0 Å². The molecular formula is C17H18N2O3S. The molecule has 5 nitrogen and oxygen atoms in total. The van der Waals surface area contributed by atoms with Crippen LogP contribution in [-0.4, -0.2) is 21.3 Å². The summed E-state index contributed by atoms with van der Waals surface area (Å²) in [6.45, 7) is 5.52. The van der Waals surface area contributed by atoms with Gasteiger partial charge in [-0.1, -0.05) is 12.0 Å². The van der Waals surface area contributed by atoms with Crippen molar-refractivity contribution in [3.05, 3.63) is 47.2 Å². The second kappa shape index (κ2) is 7.75. The minimum absolute atomic E-state index is 0.165. The first kappa shape index (κ1) is 17.0. The van der Waals surface area contributed by atoms with Crippen LogP contribution in [-0.2, 0) is 11.3 Å². The molecule has 0 unspecified atom stereocenters. The van der Waals surface area contributed by atoms with Crippen LogP contribution in [0.3, 0.4) is 0 Å². The summed E-state index contributed by atoms with van der Waals surface area (Å²) in [5.74, 6) is 5.86. The Morgan fingerprint density at radius 3 is 2.78 bits per heavy atom. The topological polar surface area (TPSA) is 53.4 Å². The average molecular weight is 330 g/mol. The summed E-state index contributed by atoms with van der Waals surface area (Å²) >= 11 is 4.06. The molecule has 0 aliphatic carbocycles. The van der Waals surface area contributed by atoms with Gasteiger partial charge in [0.15, 0.2) is 0 Å². The molecule has 0 atom stereocenters. The van der Waals surface area contributed by atoms with Crippen molar-refractivity contribution in [1.82, 2.24) is 9.19 Å². The second-order valence-electron chi connectivity index (χ2n) is 5.02. The Hall–Kier alpha value is -2.39. The van der Waals surface area contributed by atoms with Crippen LogP contribution >= 0.6 is 12.8 Å². The standard InChI is InChI=1S/C17H18N2O3S/c1-4-6-13-7-5-8-14(17(20)22-12(2)3)15(13)11-21-16-9-10-19(23)18-16/h5,7-10,12,23H,11H2,1-3H3. The fourth-order valence-corrected chi connectivity index (χ4v) is 2.14. The predicted octanol–water partition coefficient (Wildman–Crippen LogP) is 3.09. The molecule has 0 aliphatic rings. The first-order valence-electron chi connectivity index (χ1n) is 7.14. The lowest BCUT2D eigenvalue weighted by atomic mass is 10.0. The summed E-state index contributed by atoms with van der Waals surface area (Å²) in [5.41, 5.74) is 1.86. The maximum Gasteiger partial charge on any atom is 0.338 e. The number of carbonyl (C=O) groups excluding carboxylic acids is 1. The molecule has 0 spiro atoms. The van der Waals surface area contributed by atoms with Gasteiger partial charge >= 0.3 is 5.97 Å². The average Bonchev–Trinajstić information content (AvgIpc) is 2.91. The number of nitrogens with zero attached hydrogens (tertiary/aromatic N) is 2. The lowest BCUT2D eigenvalue weighted by molar-refractivity contribution is 0.0375. The molecule has 0 saturated heterocycles.